The minimum absolute atomic E-state index is 0.0310. The zero-order valence-corrected chi connectivity index (χ0v) is 10.0. The van der Waals surface area contributed by atoms with Gasteiger partial charge in [0.1, 0.15) is 6.10 Å². The molecule has 0 saturated carbocycles. The van der Waals surface area contributed by atoms with Gasteiger partial charge in [0.2, 0.25) is 0 Å². The number of ether oxygens (including phenoxy) is 1. The van der Waals surface area contributed by atoms with Crippen molar-refractivity contribution in [3.8, 4) is 0 Å². The Morgan fingerprint density at radius 1 is 1.56 bits per heavy atom. The molecule has 90 valence electrons. The van der Waals surface area contributed by atoms with Crippen molar-refractivity contribution < 1.29 is 14.6 Å². The standard InChI is InChI=1S/C13H20O3/c1-10(2)16-11-6-4-5-8-13(3,9-7-11)12(14)15/h4,6,11H,1,5,7-9H2,2-3H3,(H,14,15)/b6-4+/t11-,13+/m1/s1. The molecule has 3 nitrogen and oxygen atoms in total. The second-order valence-corrected chi connectivity index (χ2v) is 4.73. The summed E-state index contributed by atoms with van der Waals surface area (Å²) in [6.07, 6.45) is 6.84. The highest BCUT2D eigenvalue weighted by molar-refractivity contribution is 5.74. The van der Waals surface area contributed by atoms with Crippen LogP contribution >= 0.6 is 0 Å². The van der Waals surface area contributed by atoms with Gasteiger partial charge in [-0.15, -0.1) is 0 Å². The summed E-state index contributed by atoms with van der Waals surface area (Å²) in [6.45, 7) is 7.32. The van der Waals surface area contributed by atoms with Gasteiger partial charge in [0, 0.05) is 0 Å². The lowest BCUT2D eigenvalue weighted by Crippen LogP contribution is -2.29. The monoisotopic (exact) mass is 224 g/mol. The quantitative estimate of drug-likeness (QED) is 0.591. The van der Waals surface area contributed by atoms with Crippen LogP contribution in [0.4, 0.5) is 0 Å². The number of carboxylic acid groups (broad SMARTS) is 1. The summed E-state index contributed by atoms with van der Waals surface area (Å²) in [5.41, 5.74) is -0.624. The van der Waals surface area contributed by atoms with Crippen LogP contribution in [0.25, 0.3) is 0 Å². The number of hydrogen-bond donors (Lipinski definition) is 1. The molecular weight excluding hydrogens is 204 g/mol. The van der Waals surface area contributed by atoms with E-state index in [0.29, 0.717) is 18.6 Å². The van der Waals surface area contributed by atoms with Crippen LogP contribution in [0.5, 0.6) is 0 Å². The second-order valence-electron chi connectivity index (χ2n) is 4.73. The summed E-state index contributed by atoms with van der Waals surface area (Å²) in [6, 6.07) is 0. The molecule has 0 aliphatic heterocycles. The van der Waals surface area contributed by atoms with Gasteiger partial charge in [-0.1, -0.05) is 12.7 Å². The highest BCUT2D eigenvalue weighted by Gasteiger charge is 2.33. The van der Waals surface area contributed by atoms with Crippen molar-refractivity contribution in [2.75, 3.05) is 0 Å². The number of aliphatic carboxylic acids is 1. The lowest BCUT2D eigenvalue weighted by Gasteiger charge is -2.28. The van der Waals surface area contributed by atoms with Crippen LogP contribution in [-0.2, 0) is 9.53 Å². The third kappa shape index (κ3) is 3.40. The lowest BCUT2D eigenvalue weighted by molar-refractivity contribution is -0.149. The first-order valence-corrected chi connectivity index (χ1v) is 5.66. The highest BCUT2D eigenvalue weighted by atomic mass is 16.5. The fourth-order valence-corrected chi connectivity index (χ4v) is 1.90. The molecule has 0 saturated heterocycles. The molecule has 3 heteroatoms. The number of carboxylic acids is 1. The minimum atomic E-state index is -0.711. The van der Waals surface area contributed by atoms with Crippen molar-refractivity contribution in [1.29, 1.82) is 0 Å². The largest absolute Gasteiger partial charge is 0.492 e. The van der Waals surface area contributed by atoms with Gasteiger partial charge in [-0.2, -0.15) is 0 Å². The van der Waals surface area contributed by atoms with Gasteiger partial charge in [-0.3, -0.25) is 4.79 Å². The molecule has 0 bridgehead atoms. The first-order valence-electron chi connectivity index (χ1n) is 5.66. The van der Waals surface area contributed by atoms with Crippen molar-refractivity contribution >= 4 is 5.97 Å². The summed E-state index contributed by atoms with van der Waals surface area (Å²) >= 11 is 0. The van der Waals surface area contributed by atoms with E-state index in [1.54, 1.807) is 0 Å². The SMILES string of the molecule is C=C(C)O[C@@H]1/C=C/CC[C@](C)(C(=O)O)CC1. The molecule has 0 amide bonds. The van der Waals surface area contributed by atoms with Crippen LogP contribution < -0.4 is 0 Å². The van der Waals surface area contributed by atoms with E-state index in [-0.39, 0.29) is 6.10 Å². The molecule has 0 heterocycles. The molecule has 2 atom stereocenters. The van der Waals surface area contributed by atoms with Crippen LogP contribution in [0.1, 0.15) is 39.5 Å². The van der Waals surface area contributed by atoms with Crippen molar-refractivity contribution in [2.45, 2.75) is 45.6 Å². The molecule has 0 aromatic rings. The maximum atomic E-state index is 11.2. The molecule has 1 aliphatic carbocycles. The average molecular weight is 224 g/mol. The molecule has 0 radical (unpaired) electrons. The van der Waals surface area contributed by atoms with E-state index in [1.165, 1.54) is 0 Å². The molecule has 0 fully saturated rings. The van der Waals surface area contributed by atoms with Gasteiger partial charge in [-0.25, -0.2) is 0 Å². The molecule has 0 unspecified atom stereocenters. The van der Waals surface area contributed by atoms with Crippen LogP contribution in [0, 0.1) is 5.41 Å². The van der Waals surface area contributed by atoms with Gasteiger partial charge in [0.15, 0.2) is 0 Å². The van der Waals surface area contributed by atoms with Crippen LogP contribution in [-0.4, -0.2) is 17.2 Å². The third-order valence-electron chi connectivity index (χ3n) is 3.06. The molecule has 0 spiro atoms. The smallest absolute Gasteiger partial charge is 0.309 e. The van der Waals surface area contributed by atoms with Crippen LogP contribution in [0.2, 0.25) is 0 Å². The Hall–Kier alpha value is -1.25. The summed E-state index contributed by atoms with van der Waals surface area (Å²) in [4.78, 5) is 11.2. The van der Waals surface area contributed by atoms with E-state index in [9.17, 15) is 9.90 Å². The van der Waals surface area contributed by atoms with Crippen molar-refractivity contribution in [2.24, 2.45) is 5.41 Å². The Kier molecular flexibility index (Phi) is 4.16. The van der Waals surface area contributed by atoms with E-state index >= 15 is 0 Å². The maximum Gasteiger partial charge on any atom is 0.309 e. The highest BCUT2D eigenvalue weighted by Crippen LogP contribution is 2.33. The Morgan fingerprint density at radius 2 is 2.25 bits per heavy atom. The topological polar surface area (TPSA) is 46.5 Å². The zero-order chi connectivity index (χ0) is 12.2. The molecular formula is C13H20O3. The Balaban J connectivity index is 2.67. The minimum Gasteiger partial charge on any atom is -0.492 e. The molecule has 1 rings (SSSR count). The third-order valence-corrected chi connectivity index (χ3v) is 3.06. The number of rotatable bonds is 3. The van der Waals surface area contributed by atoms with Gasteiger partial charge in [-0.05, 0) is 45.6 Å². The predicted octanol–water partition coefficient (Wildman–Crippen LogP) is 3.13. The van der Waals surface area contributed by atoms with E-state index < -0.39 is 11.4 Å². The number of carbonyl (C=O) groups is 1. The van der Waals surface area contributed by atoms with Gasteiger partial charge >= 0.3 is 5.97 Å². The van der Waals surface area contributed by atoms with Crippen LogP contribution in [0.3, 0.4) is 0 Å². The Labute approximate surface area is 96.8 Å². The first kappa shape index (κ1) is 12.8. The maximum absolute atomic E-state index is 11.2. The normalized spacial score (nSPS) is 32.2. The summed E-state index contributed by atoms with van der Waals surface area (Å²) in [5, 5.41) is 9.20. The van der Waals surface area contributed by atoms with E-state index in [2.05, 4.69) is 6.58 Å². The lowest BCUT2D eigenvalue weighted by atomic mass is 9.79. The molecule has 1 N–H and O–H groups in total. The molecule has 1 aliphatic rings. The molecule has 0 aromatic heterocycles. The summed E-state index contributed by atoms with van der Waals surface area (Å²) < 4.78 is 5.53. The fraction of sp³-hybridized carbons (Fsp3) is 0.615. The average Bonchev–Trinajstić information content (AvgIpc) is 2.16. The van der Waals surface area contributed by atoms with Gasteiger partial charge in [0.05, 0.1) is 11.2 Å². The number of allylic oxidation sites excluding steroid dienone is 2. The van der Waals surface area contributed by atoms with E-state index in [1.807, 2.05) is 26.0 Å². The summed E-state index contributed by atoms with van der Waals surface area (Å²) in [5.74, 6) is -0.0378. The van der Waals surface area contributed by atoms with Gasteiger partial charge in [0.25, 0.3) is 0 Å². The van der Waals surface area contributed by atoms with Crippen molar-refractivity contribution in [3.05, 3.63) is 24.5 Å². The van der Waals surface area contributed by atoms with Crippen LogP contribution in [0.15, 0.2) is 24.5 Å². The van der Waals surface area contributed by atoms with Crippen molar-refractivity contribution in [1.82, 2.24) is 0 Å². The Morgan fingerprint density at radius 3 is 2.81 bits per heavy atom. The second kappa shape index (κ2) is 5.19. The fourth-order valence-electron chi connectivity index (χ4n) is 1.90. The van der Waals surface area contributed by atoms with E-state index in [0.717, 1.165) is 12.8 Å². The predicted molar refractivity (Wildman–Crippen MR) is 63.0 cm³/mol. The first-order chi connectivity index (χ1) is 7.44. The molecule has 0 aromatic carbocycles. The summed E-state index contributed by atoms with van der Waals surface area (Å²) in [7, 11) is 0. The zero-order valence-electron chi connectivity index (χ0n) is 10.0. The molecule has 16 heavy (non-hydrogen) atoms. The number of hydrogen-bond acceptors (Lipinski definition) is 2. The van der Waals surface area contributed by atoms with Gasteiger partial charge < -0.3 is 9.84 Å². The van der Waals surface area contributed by atoms with E-state index in [4.69, 9.17) is 4.74 Å². The van der Waals surface area contributed by atoms with Crippen molar-refractivity contribution in [3.63, 3.8) is 0 Å². The Bertz CT molecular complexity index is 306.